The third kappa shape index (κ3) is 4.50. The summed E-state index contributed by atoms with van der Waals surface area (Å²) in [6.45, 7) is 6.14. The number of hydrogen-bond donors (Lipinski definition) is 2. The van der Waals surface area contributed by atoms with Gasteiger partial charge < -0.3 is 10.6 Å². The topological polar surface area (TPSA) is 67.2 Å². The molecule has 2 aromatic carbocycles. The van der Waals surface area contributed by atoms with Crippen LogP contribution in [0.2, 0.25) is 0 Å². The Bertz CT molecular complexity index is 746. The number of rotatable bonds is 4. The molecule has 1 unspecified atom stereocenters. The van der Waals surface area contributed by atoms with Crippen LogP contribution < -0.4 is 10.6 Å². The number of anilines is 1. The average molecular weight is 329 g/mol. The maximum absolute atomic E-state index is 10.8. The molecule has 0 saturated heterocycles. The van der Waals surface area contributed by atoms with Crippen LogP contribution >= 0.6 is 12.2 Å². The van der Waals surface area contributed by atoms with Crippen molar-refractivity contribution in [3.05, 3.63) is 69.3 Å². The van der Waals surface area contributed by atoms with Gasteiger partial charge in [-0.05, 0) is 50.2 Å². The second-order valence-corrected chi connectivity index (χ2v) is 5.90. The molecule has 0 aromatic heterocycles. The minimum absolute atomic E-state index is 0.0281. The normalized spacial score (nSPS) is 11.6. The van der Waals surface area contributed by atoms with Crippen LogP contribution in [0.3, 0.4) is 0 Å². The molecule has 1 atom stereocenters. The summed E-state index contributed by atoms with van der Waals surface area (Å²) in [5.74, 6) is 0. The summed E-state index contributed by atoms with van der Waals surface area (Å²) in [6, 6.07) is 12.6. The molecule has 0 aliphatic rings. The Morgan fingerprint density at radius 2 is 1.96 bits per heavy atom. The lowest BCUT2D eigenvalue weighted by Gasteiger charge is -2.19. The standard InChI is InChI=1S/C17H19N3O2S/c1-11-7-8-12(2)16(9-11)13(3)18-17(23)19-14-5-4-6-15(10-14)20(21)22/h4-10,13H,1-3H3,(H2,18,19,23). The Morgan fingerprint density at radius 3 is 2.65 bits per heavy atom. The Kier molecular flexibility index (Phi) is 5.28. The van der Waals surface area contributed by atoms with E-state index in [4.69, 9.17) is 12.2 Å². The van der Waals surface area contributed by atoms with E-state index in [0.717, 1.165) is 0 Å². The lowest BCUT2D eigenvalue weighted by atomic mass is 10.0. The zero-order chi connectivity index (χ0) is 17.0. The fraction of sp³-hybridized carbons (Fsp3) is 0.235. The van der Waals surface area contributed by atoms with E-state index in [0.29, 0.717) is 10.8 Å². The molecule has 2 aromatic rings. The zero-order valence-electron chi connectivity index (χ0n) is 13.3. The Hall–Kier alpha value is -2.47. The quantitative estimate of drug-likeness (QED) is 0.498. The summed E-state index contributed by atoms with van der Waals surface area (Å²) < 4.78 is 0. The molecule has 0 saturated carbocycles. The minimum atomic E-state index is -0.430. The highest BCUT2D eigenvalue weighted by Gasteiger charge is 2.11. The third-order valence-corrected chi connectivity index (χ3v) is 3.78. The number of thiocarbonyl (C=S) groups is 1. The summed E-state index contributed by atoms with van der Waals surface area (Å²) in [4.78, 5) is 10.4. The Morgan fingerprint density at radius 1 is 1.22 bits per heavy atom. The van der Waals surface area contributed by atoms with Crippen molar-refractivity contribution in [2.75, 3.05) is 5.32 Å². The molecule has 23 heavy (non-hydrogen) atoms. The molecule has 0 aliphatic heterocycles. The summed E-state index contributed by atoms with van der Waals surface area (Å²) in [7, 11) is 0. The van der Waals surface area contributed by atoms with Gasteiger partial charge >= 0.3 is 0 Å². The minimum Gasteiger partial charge on any atom is -0.356 e. The predicted octanol–water partition coefficient (Wildman–Crippen LogP) is 4.26. The van der Waals surface area contributed by atoms with Crippen LogP contribution in [0.25, 0.3) is 0 Å². The first-order valence-electron chi connectivity index (χ1n) is 7.26. The number of nitro groups is 1. The second-order valence-electron chi connectivity index (χ2n) is 5.49. The fourth-order valence-electron chi connectivity index (χ4n) is 2.37. The Labute approximate surface area is 140 Å². The van der Waals surface area contributed by atoms with Gasteiger partial charge in [0.2, 0.25) is 0 Å². The van der Waals surface area contributed by atoms with Gasteiger partial charge in [-0.3, -0.25) is 10.1 Å². The van der Waals surface area contributed by atoms with Gasteiger partial charge in [0.1, 0.15) is 0 Å². The monoisotopic (exact) mass is 329 g/mol. The van der Waals surface area contributed by atoms with Crippen LogP contribution in [0.15, 0.2) is 42.5 Å². The molecule has 0 radical (unpaired) electrons. The number of nitro benzene ring substituents is 1. The number of benzene rings is 2. The molecule has 2 rings (SSSR count). The third-order valence-electron chi connectivity index (χ3n) is 3.56. The molecule has 0 aliphatic carbocycles. The zero-order valence-corrected chi connectivity index (χ0v) is 14.1. The van der Waals surface area contributed by atoms with Gasteiger partial charge in [-0.25, -0.2) is 0 Å². The first kappa shape index (κ1) is 16.9. The van der Waals surface area contributed by atoms with Crippen LogP contribution in [-0.2, 0) is 0 Å². The molecule has 5 nitrogen and oxygen atoms in total. The highest BCUT2D eigenvalue weighted by atomic mass is 32.1. The van der Waals surface area contributed by atoms with E-state index in [1.165, 1.54) is 28.8 Å². The van der Waals surface area contributed by atoms with Gasteiger partial charge in [0, 0.05) is 17.8 Å². The van der Waals surface area contributed by atoms with Gasteiger partial charge in [0.05, 0.1) is 11.0 Å². The van der Waals surface area contributed by atoms with Crippen molar-refractivity contribution in [1.29, 1.82) is 0 Å². The molecular formula is C17H19N3O2S. The predicted molar refractivity (Wildman–Crippen MR) is 96.8 cm³/mol. The summed E-state index contributed by atoms with van der Waals surface area (Å²) in [5.41, 5.74) is 4.17. The first-order valence-corrected chi connectivity index (χ1v) is 7.67. The van der Waals surface area contributed by atoms with Gasteiger partial charge in [-0.2, -0.15) is 0 Å². The lowest BCUT2D eigenvalue weighted by Crippen LogP contribution is -2.31. The molecule has 0 amide bonds. The number of nitrogens with zero attached hydrogens (tertiary/aromatic N) is 1. The second kappa shape index (κ2) is 7.19. The van der Waals surface area contributed by atoms with Gasteiger partial charge in [0.25, 0.3) is 5.69 Å². The van der Waals surface area contributed by atoms with Crippen LogP contribution in [0, 0.1) is 24.0 Å². The number of aryl methyl sites for hydroxylation is 2. The maximum Gasteiger partial charge on any atom is 0.271 e. The van der Waals surface area contributed by atoms with Crippen molar-refractivity contribution < 1.29 is 4.92 Å². The molecule has 0 bridgehead atoms. The van der Waals surface area contributed by atoms with E-state index in [2.05, 4.69) is 42.7 Å². The molecule has 0 heterocycles. The summed E-state index contributed by atoms with van der Waals surface area (Å²) in [6.07, 6.45) is 0. The van der Waals surface area contributed by atoms with Crippen molar-refractivity contribution in [3.63, 3.8) is 0 Å². The first-order chi connectivity index (χ1) is 10.9. The van der Waals surface area contributed by atoms with Crippen LogP contribution in [0.4, 0.5) is 11.4 Å². The lowest BCUT2D eigenvalue weighted by molar-refractivity contribution is -0.384. The number of non-ortho nitro benzene ring substituents is 1. The number of hydrogen-bond acceptors (Lipinski definition) is 3. The molecule has 120 valence electrons. The molecular weight excluding hydrogens is 310 g/mol. The van der Waals surface area contributed by atoms with E-state index < -0.39 is 4.92 Å². The van der Waals surface area contributed by atoms with Crippen molar-refractivity contribution in [1.82, 2.24) is 5.32 Å². The van der Waals surface area contributed by atoms with Crippen molar-refractivity contribution in [3.8, 4) is 0 Å². The highest BCUT2D eigenvalue weighted by molar-refractivity contribution is 7.80. The average Bonchev–Trinajstić information content (AvgIpc) is 2.49. The van der Waals surface area contributed by atoms with E-state index in [1.54, 1.807) is 12.1 Å². The van der Waals surface area contributed by atoms with Crippen LogP contribution in [0.1, 0.15) is 29.7 Å². The van der Waals surface area contributed by atoms with E-state index in [9.17, 15) is 10.1 Å². The van der Waals surface area contributed by atoms with E-state index in [-0.39, 0.29) is 11.7 Å². The SMILES string of the molecule is Cc1ccc(C)c(C(C)NC(=S)Nc2cccc([N+](=O)[O-])c2)c1. The molecule has 2 N–H and O–H groups in total. The molecule has 6 heteroatoms. The highest BCUT2D eigenvalue weighted by Crippen LogP contribution is 2.20. The fourth-order valence-corrected chi connectivity index (χ4v) is 2.66. The number of nitrogens with one attached hydrogen (secondary N) is 2. The van der Waals surface area contributed by atoms with Crippen molar-refractivity contribution in [2.45, 2.75) is 26.8 Å². The van der Waals surface area contributed by atoms with Crippen LogP contribution in [0.5, 0.6) is 0 Å². The molecule has 0 spiro atoms. The Balaban J connectivity index is 2.06. The van der Waals surface area contributed by atoms with Crippen LogP contribution in [-0.4, -0.2) is 10.0 Å². The summed E-state index contributed by atoms with van der Waals surface area (Å²) in [5, 5.41) is 17.4. The molecule has 0 fully saturated rings. The van der Waals surface area contributed by atoms with Gasteiger partial charge in [0.15, 0.2) is 5.11 Å². The largest absolute Gasteiger partial charge is 0.356 e. The maximum atomic E-state index is 10.8. The van der Waals surface area contributed by atoms with Crippen molar-refractivity contribution in [2.24, 2.45) is 0 Å². The van der Waals surface area contributed by atoms with E-state index >= 15 is 0 Å². The van der Waals surface area contributed by atoms with Crippen molar-refractivity contribution >= 4 is 28.7 Å². The van der Waals surface area contributed by atoms with E-state index in [1.807, 2.05) is 6.92 Å². The smallest absolute Gasteiger partial charge is 0.271 e. The summed E-state index contributed by atoms with van der Waals surface area (Å²) >= 11 is 5.31. The van der Waals surface area contributed by atoms with Gasteiger partial charge in [-0.15, -0.1) is 0 Å². The van der Waals surface area contributed by atoms with Gasteiger partial charge in [-0.1, -0.05) is 29.8 Å².